The second kappa shape index (κ2) is 9.73. The molecule has 0 N–H and O–H groups in total. The van der Waals surface area contributed by atoms with Crippen LogP contribution in [0.25, 0.3) is 0 Å². The number of alkyl halides is 5. The van der Waals surface area contributed by atoms with E-state index in [1.54, 1.807) is 6.08 Å². The highest BCUT2D eigenvalue weighted by molar-refractivity contribution is 5.30. The average molecular weight is 436 g/mol. The van der Waals surface area contributed by atoms with Crippen LogP contribution in [-0.2, 0) is 6.18 Å². The van der Waals surface area contributed by atoms with Crippen LogP contribution in [0.5, 0.6) is 0 Å². The van der Waals surface area contributed by atoms with Crippen molar-refractivity contribution in [1.29, 1.82) is 0 Å². The molecule has 2 aliphatic carbocycles. The summed E-state index contributed by atoms with van der Waals surface area (Å²) in [4.78, 5) is 0. The molecule has 0 aromatic heterocycles. The van der Waals surface area contributed by atoms with E-state index in [0.717, 1.165) is 50.7 Å². The Labute approximate surface area is 172 Å². The molecule has 2 fully saturated rings. The summed E-state index contributed by atoms with van der Waals surface area (Å²) in [6, 6.07) is 1.68. The molecule has 1 aromatic rings. The first-order valence-corrected chi connectivity index (χ1v) is 10.7. The second-order valence-electron chi connectivity index (χ2n) is 8.70. The summed E-state index contributed by atoms with van der Waals surface area (Å²) >= 11 is 0. The molecule has 3 rings (SSSR count). The summed E-state index contributed by atoms with van der Waals surface area (Å²) < 4.78 is 90.5. The van der Waals surface area contributed by atoms with Crippen LogP contribution in [0.15, 0.2) is 24.3 Å². The van der Waals surface area contributed by atoms with Gasteiger partial charge in [0, 0.05) is 6.42 Å². The minimum Gasteiger partial charge on any atom is -0.210 e. The highest BCUT2D eigenvalue weighted by Crippen LogP contribution is 2.45. The highest BCUT2D eigenvalue weighted by atomic mass is 19.4. The highest BCUT2D eigenvalue weighted by Gasteiger charge is 2.39. The summed E-state index contributed by atoms with van der Waals surface area (Å²) in [7, 11) is 0. The van der Waals surface area contributed by atoms with Crippen LogP contribution in [-0.4, -0.2) is 6.43 Å². The molecule has 0 heterocycles. The largest absolute Gasteiger partial charge is 0.422 e. The van der Waals surface area contributed by atoms with E-state index in [2.05, 4.69) is 0 Å². The van der Waals surface area contributed by atoms with E-state index in [1.165, 1.54) is 0 Å². The predicted octanol–water partition coefficient (Wildman–Crippen LogP) is 8.28. The average Bonchev–Trinajstić information content (AvgIpc) is 2.67. The van der Waals surface area contributed by atoms with E-state index in [-0.39, 0.29) is 12.3 Å². The Bertz CT molecular complexity index is 699. The van der Waals surface area contributed by atoms with Crippen molar-refractivity contribution in [3.8, 4) is 0 Å². The predicted molar refractivity (Wildman–Crippen MR) is 101 cm³/mol. The maximum atomic E-state index is 13.9. The van der Waals surface area contributed by atoms with Crippen LogP contribution in [0.2, 0.25) is 0 Å². The lowest BCUT2D eigenvalue weighted by Gasteiger charge is -2.37. The van der Waals surface area contributed by atoms with E-state index >= 15 is 0 Å². The number of rotatable bonds is 5. The molecule has 7 heteroatoms. The zero-order valence-electron chi connectivity index (χ0n) is 16.7. The van der Waals surface area contributed by atoms with Gasteiger partial charge in [0.2, 0.25) is 6.43 Å². The van der Waals surface area contributed by atoms with Crippen molar-refractivity contribution in [2.75, 3.05) is 0 Å². The first-order chi connectivity index (χ1) is 14.1. The molecular formula is C23H27F7. The molecule has 0 unspecified atom stereocenters. The SMILES string of the molecule is Fc1cc([C@H]2CC[C@H]([C@H]3CC[C@H](C=CCC(F)F)CC3)CC2)cc(F)c1C(F)(F)F. The van der Waals surface area contributed by atoms with Gasteiger partial charge in [-0.3, -0.25) is 0 Å². The van der Waals surface area contributed by atoms with Crippen molar-refractivity contribution in [3.63, 3.8) is 0 Å². The van der Waals surface area contributed by atoms with Gasteiger partial charge in [-0.15, -0.1) is 0 Å². The van der Waals surface area contributed by atoms with Crippen molar-refractivity contribution in [3.05, 3.63) is 47.0 Å². The van der Waals surface area contributed by atoms with Gasteiger partial charge in [-0.25, -0.2) is 17.6 Å². The zero-order valence-corrected chi connectivity index (χ0v) is 16.7. The molecule has 0 nitrogen and oxygen atoms in total. The minimum atomic E-state index is -5.04. The van der Waals surface area contributed by atoms with Crippen LogP contribution in [0.3, 0.4) is 0 Å². The first-order valence-electron chi connectivity index (χ1n) is 10.7. The smallest absolute Gasteiger partial charge is 0.210 e. The van der Waals surface area contributed by atoms with Gasteiger partial charge in [0.05, 0.1) is 0 Å². The molecule has 2 aliphatic rings. The normalized spacial score (nSPS) is 28.4. The third kappa shape index (κ3) is 5.79. The van der Waals surface area contributed by atoms with Gasteiger partial charge in [0.1, 0.15) is 17.2 Å². The lowest BCUT2D eigenvalue weighted by Crippen LogP contribution is -2.25. The molecule has 2 saturated carbocycles. The summed E-state index contributed by atoms with van der Waals surface area (Å²) in [6.45, 7) is 0. The van der Waals surface area contributed by atoms with Gasteiger partial charge < -0.3 is 0 Å². The van der Waals surface area contributed by atoms with Crippen LogP contribution < -0.4 is 0 Å². The number of benzene rings is 1. The molecular weight excluding hydrogens is 409 g/mol. The number of halogens is 7. The first kappa shape index (κ1) is 23.1. The molecule has 0 aliphatic heterocycles. The Kier molecular flexibility index (Phi) is 7.51. The van der Waals surface area contributed by atoms with Gasteiger partial charge in [-0.1, -0.05) is 12.2 Å². The van der Waals surface area contributed by atoms with Crippen molar-refractivity contribution >= 4 is 0 Å². The van der Waals surface area contributed by atoms with Crippen LogP contribution in [0, 0.1) is 29.4 Å². The maximum Gasteiger partial charge on any atom is 0.422 e. The quantitative estimate of drug-likeness (QED) is 0.322. The maximum absolute atomic E-state index is 13.9. The fourth-order valence-corrected chi connectivity index (χ4v) is 5.21. The summed E-state index contributed by atoms with van der Waals surface area (Å²) in [5.74, 6) is -1.78. The second-order valence-corrected chi connectivity index (χ2v) is 8.70. The lowest BCUT2D eigenvalue weighted by molar-refractivity contribution is -0.142. The van der Waals surface area contributed by atoms with E-state index in [0.29, 0.717) is 36.2 Å². The molecule has 0 spiro atoms. The van der Waals surface area contributed by atoms with Crippen molar-refractivity contribution in [2.45, 2.75) is 76.3 Å². The van der Waals surface area contributed by atoms with Crippen LogP contribution >= 0.6 is 0 Å². The number of hydrogen-bond acceptors (Lipinski definition) is 0. The monoisotopic (exact) mass is 436 g/mol. The molecule has 0 atom stereocenters. The van der Waals surface area contributed by atoms with Crippen molar-refractivity contribution in [1.82, 2.24) is 0 Å². The van der Waals surface area contributed by atoms with E-state index in [9.17, 15) is 30.7 Å². The molecule has 0 bridgehead atoms. The fourth-order valence-electron chi connectivity index (χ4n) is 5.21. The van der Waals surface area contributed by atoms with Gasteiger partial charge in [-0.2, -0.15) is 13.2 Å². The summed E-state index contributed by atoms with van der Waals surface area (Å²) in [6.07, 6.45) is 3.20. The molecule has 30 heavy (non-hydrogen) atoms. The fraction of sp³-hybridized carbons (Fsp3) is 0.652. The van der Waals surface area contributed by atoms with Gasteiger partial charge in [0.15, 0.2) is 0 Å². The van der Waals surface area contributed by atoms with Gasteiger partial charge in [-0.05, 0) is 92.7 Å². The Morgan fingerprint density at radius 2 is 1.33 bits per heavy atom. The topological polar surface area (TPSA) is 0 Å². The molecule has 1 aromatic carbocycles. The minimum absolute atomic E-state index is 0.124. The van der Waals surface area contributed by atoms with E-state index in [4.69, 9.17) is 0 Å². The van der Waals surface area contributed by atoms with Gasteiger partial charge >= 0.3 is 6.18 Å². The Morgan fingerprint density at radius 3 is 1.80 bits per heavy atom. The van der Waals surface area contributed by atoms with Crippen molar-refractivity contribution in [2.24, 2.45) is 17.8 Å². The lowest BCUT2D eigenvalue weighted by atomic mass is 9.68. The molecule has 168 valence electrons. The van der Waals surface area contributed by atoms with Crippen molar-refractivity contribution < 1.29 is 30.7 Å². The number of allylic oxidation sites excluding steroid dienone is 2. The summed E-state index contributed by atoms with van der Waals surface area (Å²) in [5, 5.41) is 0. The summed E-state index contributed by atoms with van der Waals surface area (Å²) in [5.41, 5.74) is -1.51. The zero-order chi connectivity index (χ0) is 21.9. The van der Waals surface area contributed by atoms with Gasteiger partial charge in [0.25, 0.3) is 0 Å². The van der Waals surface area contributed by atoms with Crippen LogP contribution in [0.4, 0.5) is 30.7 Å². The molecule has 0 saturated heterocycles. The Hall–Kier alpha value is -1.53. The third-order valence-corrected chi connectivity index (χ3v) is 6.80. The standard InChI is InChI=1S/C23H27F7/c24-19-12-18(13-20(25)22(19)23(28,29)30)17-10-8-16(9-11-17)15-6-4-14(5-7-15)2-1-3-21(26)27/h1-2,12-17,21H,3-11H2/t14-,15-,16-,17-. The number of hydrogen-bond donors (Lipinski definition) is 0. The molecule has 0 amide bonds. The van der Waals surface area contributed by atoms with Crippen LogP contribution in [0.1, 0.15) is 74.8 Å². The third-order valence-electron chi connectivity index (χ3n) is 6.80. The Morgan fingerprint density at radius 1 is 0.833 bits per heavy atom. The van der Waals surface area contributed by atoms with E-state index in [1.807, 2.05) is 6.08 Å². The van der Waals surface area contributed by atoms with E-state index < -0.39 is 29.8 Å². The molecule has 0 radical (unpaired) electrons. The Balaban J connectivity index is 1.52.